The first-order chi connectivity index (χ1) is 21.6. The molecule has 1 aromatic carbocycles. The Labute approximate surface area is 263 Å². The number of halogens is 1. The van der Waals surface area contributed by atoms with Gasteiger partial charge in [-0.3, -0.25) is 28.8 Å². The van der Waals surface area contributed by atoms with Crippen molar-refractivity contribution in [2.24, 2.45) is 23.7 Å². The first-order valence-corrected chi connectivity index (χ1v) is 15.5. The fourth-order valence-corrected chi connectivity index (χ4v) is 7.78. The number of nitrogens with zero attached hydrogens (tertiary/aromatic N) is 1. The monoisotopic (exact) mass is 635 g/mol. The predicted molar refractivity (Wildman–Crippen MR) is 164 cm³/mol. The summed E-state index contributed by atoms with van der Waals surface area (Å²) < 4.78 is 6.81. The zero-order valence-electron chi connectivity index (χ0n) is 24.6. The molecule has 2 heterocycles. The number of ketones is 1. The average Bonchev–Trinajstić information content (AvgIpc) is 3.60. The molecule has 4 fully saturated rings. The molecule has 3 aromatic rings. The summed E-state index contributed by atoms with van der Waals surface area (Å²) in [4.78, 5) is 76.9. The molecule has 7 rings (SSSR count). The van der Waals surface area contributed by atoms with Gasteiger partial charge in [0.2, 0.25) is 23.4 Å². The largest absolute Gasteiger partial charge is 0.449 e. The molecule has 5 unspecified atom stereocenters. The second-order valence-electron chi connectivity index (χ2n) is 12.2. The van der Waals surface area contributed by atoms with Crippen LogP contribution in [0.5, 0.6) is 0 Å². The van der Waals surface area contributed by atoms with E-state index in [1.54, 1.807) is 24.3 Å². The maximum atomic E-state index is 13.4. The summed E-state index contributed by atoms with van der Waals surface area (Å²) in [7, 11) is 1.30. The Morgan fingerprint density at radius 1 is 1.02 bits per heavy atom. The molecular formula is C32H34ClN5O7. The highest BCUT2D eigenvalue weighted by atomic mass is 35.5. The van der Waals surface area contributed by atoms with E-state index in [1.807, 2.05) is 0 Å². The van der Waals surface area contributed by atoms with Crippen molar-refractivity contribution in [3.63, 3.8) is 0 Å². The van der Waals surface area contributed by atoms with E-state index in [9.17, 15) is 28.8 Å². The molecule has 4 aliphatic carbocycles. The average molecular weight is 636 g/mol. The summed E-state index contributed by atoms with van der Waals surface area (Å²) in [5.41, 5.74) is -0.362. The molecule has 236 valence electrons. The molecule has 45 heavy (non-hydrogen) atoms. The van der Waals surface area contributed by atoms with Crippen molar-refractivity contribution >= 4 is 57.7 Å². The second kappa shape index (κ2) is 12.5. The molecule has 0 saturated heterocycles. The molecule has 13 heteroatoms. The molecule has 4 bridgehead atoms. The topological polar surface area (TPSA) is 169 Å². The van der Waals surface area contributed by atoms with Gasteiger partial charge in [0.25, 0.3) is 17.4 Å². The highest BCUT2D eigenvalue weighted by Gasteiger charge is 2.54. The molecule has 0 radical (unpaired) electrons. The summed E-state index contributed by atoms with van der Waals surface area (Å²) in [5.74, 6) is -1.28. The lowest BCUT2D eigenvalue weighted by Gasteiger charge is -2.32. The van der Waals surface area contributed by atoms with Gasteiger partial charge in [0.1, 0.15) is 23.9 Å². The molecule has 2 aromatic heterocycles. The van der Waals surface area contributed by atoms with Crippen LogP contribution in [0.1, 0.15) is 49.1 Å². The lowest BCUT2D eigenvalue weighted by molar-refractivity contribution is -0.137. The van der Waals surface area contributed by atoms with E-state index >= 15 is 0 Å². The maximum Gasteiger partial charge on any atom is 0.289 e. The van der Waals surface area contributed by atoms with Crippen LogP contribution in [0, 0.1) is 23.7 Å². The van der Waals surface area contributed by atoms with Gasteiger partial charge in [-0.15, -0.1) is 0 Å². The number of furan rings is 1. The number of anilines is 1. The zero-order valence-corrected chi connectivity index (χ0v) is 25.4. The predicted octanol–water partition coefficient (Wildman–Crippen LogP) is 2.63. The summed E-state index contributed by atoms with van der Waals surface area (Å²) in [6.45, 7) is -0.210. The number of hydrogen-bond donors (Lipinski definition) is 4. The first-order valence-electron chi connectivity index (χ1n) is 15.2. The van der Waals surface area contributed by atoms with Gasteiger partial charge in [-0.1, -0.05) is 23.7 Å². The van der Waals surface area contributed by atoms with Crippen molar-refractivity contribution in [2.75, 3.05) is 12.4 Å². The van der Waals surface area contributed by atoms with Crippen molar-refractivity contribution in [2.45, 2.75) is 57.2 Å². The van der Waals surface area contributed by atoms with E-state index in [4.69, 9.17) is 16.0 Å². The molecule has 4 amide bonds. The van der Waals surface area contributed by atoms with Gasteiger partial charge in [0.05, 0.1) is 5.02 Å². The fourth-order valence-electron chi connectivity index (χ4n) is 7.50. The van der Waals surface area contributed by atoms with E-state index < -0.39 is 35.1 Å². The van der Waals surface area contributed by atoms with Gasteiger partial charge in [0.15, 0.2) is 0 Å². The van der Waals surface area contributed by atoms with Crippen LogP contribution >= 0.6 is 11.6 Å². The van der Waals surface area contributed by atoms with Gasteiger partial charge in [-0.2, -0.15) is 0 Å². The number of carbonyl (C=O) groups excluding carboxylic acids is 5. The number of nitrogens with one attached hydrogen (secondary N) is 4. The lowest BCUT2D eigenvalue weighted by atomic mass is 9.79. The molecule has 0 aliphatic heterocycles. The minimum atomic E-state index is -1.35. The van der Waals surface area contributed by atoms with Gasteiger partial charge in [-0.05, 0) is 80.0 Å². The Morgan fingerprint density at radius 3 is 2.56 bits per heavy atom. The number of Topliss-reactive ketones (excluding diaryl/α,β-unsaturated/α-hetero) is 1. The SMILES string of the molecule is CNC(=O)C(=O)CC[C@H](NC(=O)c1oc2ccccc2c1Cl)C(=O)Nc1cccn(CC(=O)NC2C3CC4CC(C3)C2C4)c1=O. The second-order valence-corrected chi connectivity index (χ2v) is 12.6. The molecule has 6 atom stereocenters. The molecule has 0 spiro atoms. The molecule has 4 saturated carbocycles. The molecule has 4 aliphatic rings. The molecular weight excluding hydrogens is 602 g/mol. The van der Waals surface area contributed by atoms with Crippen molar-refractivity contribution in [3.8, 4) is 0 Å². The lowest BCUT2D eigenvalue weighted by Crippen LogP contribution is -2.46. The number of benzene rings is 1. The van der Waals surface area contributed by atoms with E-state index in [1.165, 1.54) is 36.4 Å². The number of hydrogen-bond acceptors (Lipinski definition) is 7. The summed E-state index contributed by atoms with van der Waals surface area (Å²) >= 11 is 6.36. The van der Waals surface area contributed by atoms with Crippen molar-refractivity contribution < 1.29 is 28.4 Å². The zero-order chi connectivity index (χ0) is 31.8. The van der Waals surface area contributed by atoms with Crippen molar-refractivity contribution in [1.82, 2.24) is 20.5 Å². The Bertz CT molecular complexity index is 1740. The number of pyridine rings is 1. The third kappa shape index (κ3) is 6.11. The molecule has 12 nitrogen and oxygen atoms in total. The standard InChI is InChI=1S/C32H34ClN5O7/c1-34-30(42)23(39)9-8-21(35-31(43)28-26(33)19-5-2-3-7-24(19)45-28)29(41)36-22-6-4-10-38(32(22)44)15-25(40)37-27-18-12-16-11-17(14-18)20(27)13-16/h2-7,10,16-18,20-21,27H,8-9,11-15H2,1H3,(H,34,42)(H,35,43)(H,36,41)(H,37,40)/t16?,17?,18?,20?,21-,27?/m0/s1. The number of aromatic nitrogens is 1. The van der Waals surface area contributed by atoms with Crippen LogP contribution in [0.25, 0.3) is 11.0 Å². The van der Waals surface area contributed by atoms with E-state index in [-0.39, 0.29) is 47.8 Å². The first kappa shape index (κ1) is 30.6. The van der Waals surface area contributed by atoms with Crippen molar-refractivity contribution in [3.05, 3.63) is 63.7 Å². The Hall–Kier alpha value is -4.45. The highest BCUT2D eigenvalue weighted by molar-refractivity contribution is 6.38. The summed E-state index contributed by atoms with van der Waals surface area (Å²) in [6, 6.07) is 8.45. The van der Waals surface area contributed by atoms with Crippen LogP contribution < -0.4 is 26.8 Å². The Morgan fingerprint density at radius 2 is 1.80 bits per heavy atom. The van der Waals surface area contributed by atoms with Crippen LogP contribution in [0.3, 0.4) is 0 Å². The van der Waals surface area contributed by atoms with Gasteiger partial charge in [-0.25, -0.2) is 0 Å². The minimum Gasteiger partial charge on any atom is -0.449 e. The van der Waals surface area contributed by atoms with Gasteiger partial charge >= 0.3 is 0 Å². The highest BCUT2D eigenvalue weighted by Crippen LogP contribution is 2.58. The van der Waals surface area contributed by atoms with Crippen LogP contribution in [0.4, 0.5) is 5.69 Å². The summed E-state index contributed by atoms with van der Waals surface area (Å²) in [6.07, 6.45) is 5.56. The number of likely N-dealkylation sites (N-methyl/N-ethyl adjacent to an activating group) is 1. The van der Waals surface area contributed by atoms with Crippen LogP contribution in [0.15, 0.2) is 51.8 Å². The third-order valence-electron chi connectivity index (χ3n) is 9.48. The third-order valence-corrected chi connectivity index (χ3v) is 9.86. The van der Waals surface area contributed by atoms with Crippen LogP contribution in [-0.4, -0.2) is 53.1 Å². The number of para-hydroxylation sites is 1. The number of amides is 4. The Balaban J connectivity index is 1.15. The Kier molecular flexibility index (Phi) is 8.50. The normalized spacial score (nSPS) is 23.5. The fraction of sp³-hybridized carbons (Fsp3) is 0.438. The van der Waals surface area contributed by atoms with E-state index in [0.29, 0.717) is 28.7 Å². The number of rotatable bonds is 11. The maximum absolute atomic E-state index is 13.4. The van der Waals surface area contributed by atoms with Gasteiger partial charge < -0.3 is 30.3 Å². The summed E-state index contributed by atoms with van der Waals surface area (Å²) in [5, 5.41) is 11.0. The van der Waals surface area contributed by atoms with Crippen molar-refractivity contribution in [1.29, 1.82) is 0 Å². The quantitative estimate of drug-likeness (QED) is 0.235. The number of fused-ring (bicyclic) bond motifs is 1. The smallest absolute Gasteiger partial charge is 0.289 e. The van der Waals surface area contributed by atoms with E-state index in [2.05, 4.69) is 21.3 Å². The van der Waals surface area contributed by atoms with Crippen LogP contribution in [-0.2, 0) is 25.7 Å². The van der Waals surface area contributed by atoms with Gasteiger partial charge in [0, 0.05) is 31.1 Å². The van der Waals surface area contributed by atoms with E-state index in [0.717, 1.165) is 25.2 Å². The minimum absolute atomic E-state index is 0.0473. The van der Waals surface area contributed by atoms with Crippen LogP contribution in [0.2, 0.25) is 5.02 Å². The number of carbonyl (C=O) groups is 5. The molecule has 4 N–H and O–H groups in total.